The van der Waals surface area contributed by atoms with Gasteiger partial charge in [0.05, 0.1) is 6.54 Å². The summed E-state index contributed by atoms with van der Waals surface area (Å²) < 4.78 is 2.24. The summed E-state index contributed by atoms with van der Waals surface area (Å²) in [5.41, 5.74) is 1.16. The molecule has 6 nitrogen and oxygen atoms in total. The summed E-state index contributed by atoms with van der Waals surface area (Å²) in [6.07, 6.45) is 10.1. The Morgan fingerprint density at radius 3 is 2.45 bits per heavy atom. The molecule has 2 aromatic rings. The van der Waals surface area contributed by atoms with Gasteiger partial charge in [-0.1, -0.05) is 49.6 Å². The summed E-state index contributed by atoms with van der Waals surface area (Å²) in [4.78, 5) is 21.7. The van der Waals surface area contributed by atoms with Crippen LogP contribution in [0.25, 0.3) is 11.4 Å². The molecule has 1 aliphatic heterocycles. The molecule has 1 N–H and O–H groups in total. The maximum Gasteiger partial charge on any atom is 0.234 e. The van der Waals surface area contributed by atoms with E-state index in [-0.39, 0.29) is 5.91 Å². The maximum absolute atomic E-state index is 12.3. The lowest BCUT2D eigenvalue weighted by Gasteiger charge is -2.34. The van der Waals surface area contributed by atoms with Gasteiger partial charge in [-0.15, -0.1) is 0 Å². The lowest BCUT2D eigenvalue weighted by Crippen LogP contribution is -2.51. The predicted molar refractivity (Wildman–Crippen MR) is 116 cm³/mol. The van der Waals surface area contributed by atoms with Crippen LogP contribution in [-0.2, 0) is 11.3 Å². The minimum absolute atomic E-state index is 0.205. The highest BCUT2D eigenvalue weighted by Gasteiger charge is 2.21. The van der Waals surface area contributed by atoms with Crippen molar-refractivity contribution < 1.29 is 4.79 Å². The van der Waals surface area contributed by atoms with Crippen LogP contribution in [0.15, 0.2) is 42.7 Å². The maximum atomic E-state index is 12.3. The number of imidazole rings is 1. The fourth-order valence-electron chi connectivity index (χ4n) is 4.48. The average molecular weight is 396 g/mol. The number of piperazine rings is 1. The predicted octanol–water partition coefficient (Wildman–Crippen LogP) is 2.62. The molecule has 156 valence electrons. The molecule has 1 aromatic heterocycles. The van der Waals surface area contributed by atoms with Crippen molar-refractivity contribution in [1.82, 2.24) is 24.7 Å². The highest BCUT2D eigenvalue weighted by Crippen LogP contribution is 2.18. The molecule has 1 aliphatic carbocycles. The van der Waals surface area contributed by atoms with Crippen LogP contribution in [0, 0.1) is 0 Å². The van der Waals surface area contributed by atoms with Crippen molar-refractivity contribution in [3.63, 3.8) is 0 Å². The molecule has 0 spiro atoms. The number of benzene rings is 1. The van der Waals surface area contributed by atoms with Gasteiger partial charge >= 0.3 is 0 Å². The van der Waals surface area contributed by atoms with Crippen molar-refractivity contribution in [1.29, 1.82) is 0 Å². The number of nitrogens with one attached hydrogen (secondary N) is 1. The second kappa shape index (κ2) is 10.0. The number of rotatable bonds is 7. The van der Waals surface area contributed by atoms with Crippen molar-refractivity contribution in [3.8, 4) is 11.4 Å². The molecule has 2 fully saturated rings. The zero-order valence-corrected chi connectivity index (χ0v) is 17.3. The average Bonchev–Trinajstić information content (AvgIpc) is 3.23. The molecule has 1 saturated carbocycles. The topological polar surface area (TPSA) is 53.4 Å². The second-order valence-corrected chi connectivity index (χ2v) is 8.33. The molecule has 1 aromatic carbocycles. The molecule has 29 heavy (non-hydrogen) atoms. The van der Waals surface area contributed by atoms with Gasteiger partial charge in [-0.2, -0.15) is 0 Å². The Labute approximate surface area is 173 Å². The molecule has 4 rings (SSSR count). The van der Waals surface area contributed by atoms with Crippen LogP contribution in [0.4, 0.5) is 0 Å². The quantitative estimate of drug-likeness (QED) is 0.783. The molecule has 0 atom stereocenters. The first-order valence-corrected chi connectivity index (χ1v) is 11.1. The molecule has 0 radical (unpaired) electrons. The van der Waals surface area contributed by atoms with E-state index in [9.17, 15) is 4.79 Å². The van der Waals surface area contributed by atoms with Gasteiger partial charge in [-0.3, -0.25) is 14.6 Å². The summed E-state index contributed by atoms with van der Waals surface area (Å²) >= 11 is 0. The number of nitrogens with zero attached hydrogens (tertiary/aromatic N) is 4. The van der Waals surface area contributed by atoms with Gasteiger partial charge in [-0.05, 0) is 12.8 Å². The van der Waals surface area contributed by atoms with Gasteiger partial charge in [0.1, 0.15) is 5.82 Å². The minimum Gasteiger partial charge on any atom is -0.352 e. The first-order valence-electron chi connectivity index (χ1n) is 11.1. The first-order chi connectivity index (χ1) is 14.3. The third kappa shape index (κ3) is 5.67. The van der Waals surface area contributed by atoms with Gasteiger partial charge < -0.3 is 9.88 Å². The van der Waals surface area contributed by atoms with Gasteiger partial charge in [0.2, 0.25) is 5.91 Å². The van der Waals surface area contributed by atoms with Crippen molar-refractivity contribution in [2.75, 3.05) is 39.3 Å². The molecule has 1 saturated heterocycles. The SMILES string of the molecule is O=C(CN1CCN(CCn2ccnc2-c2ccccc2)CC1)NC1CCCCC1. The van der Waals surface area contributed by atoms with Gasteiger partial charge in [0, 0.05) is 63.3 Å². The number of aromatic nitrogens is 2. The number of hydrogen-bond acceptors (Lipinski definition) is 4. The molecular formula is C23H33N5O. The summed E-state index contributed by atoms with van der Waals surface area (Å²) in [5.74, 6) is 1.24. The van der Waals surface area contributed by atoms with Gasteiger partial charge in [-0.25, -0.2) is 4.98 Å². The molecule has 6 heteroatoms. The van der Waals surface area contributed by atoms with Crippen LogP contribution in [0.5, 0.6) is 0 Å². The Kier molecular flexibility index (Phi) is 6.96. The number of hydrogen-bond donors (Lipinski definition) is 1. The Hall–Kier alpha value is -2.18. The molecule has 0 unspecified atom stereocenters. The highest BCUT2D eigenvalue weighted by molar-refractivity contribution is 5.78. The lowest BCUT2D eigenvalue weighted by molar-refractivity contribution is -0.123. The van der Waals surface area contributed by atoms with E-state index < -0.39 is 0 Å². The summed E-state index contributed by atoms with van der Waals surface area (Å²) in [6.45, 7) is 6.47. The highest BCUT2D eigenvalue weighted by atomic mass is 16.2. The smallest absolute Gasteiger partial charge is 0.234 e. The van der Waals surface area contributed by atoms with Crippen LogP contribution in [0.3, 0.4) is 0 Å². The molecule has 2 heterocycles. The van der Waals surface area contributed by atoms with E-state index in [1.54, 1.807) is 0 Å². The monoisotopic (exact) mass is 395 g/mol. The Morgan fingerprint density at radius 2 is 1.69 bits per heavy atom. The minimum atomic E-state index is 0.205. The number of carbonyl (C=O) groups is 1. The van der Waals surface area contributed by atoms with Crippen LogP contribution in [0.2, 0.25) is 0 Å². The zero-order chi connectivity index (χ0) is 19.9. The van der Waals surface area contributed by atoms with E-state index in [0.717, 1.165) is 63.5 Å². The fraction of sp³-hybridized carbons (Fsp3) is 0.565. The van der Waals surface area contributed by atoms with Crippen molar-refractivity contribution in [2.45, 2.75) is 44.7 Å². The number of carbonyl (C=O) groups excluding carboxylic acids is 1. The largest absolute Gasteiger partial charge is 0.352 e. The number of amides is 1. The second-order valence-electron chi connectivity index (χ2n) is 8.33. The van der Waals surface area contributed by atoms with Crippen molar-refractivity contribution in [3.05, 3.63) is 42.7 Å². The lowest BCUT2D eigenvalue weighted by atomic mass is 9.95. The van der Waals surface area contributed by atoms with Crippen LogP contribution in [-0.4, -0.2) is 70.6 Å². The Bertz CT molecular complexity index is 761. The van der Waals surface area contributed by atoms with E-state index in [2.05, 4.69) is 55.1 Å². The van der Waals surface area contributed by atoms with Crippen LogP contribution < -0.4 is 5.32 Å². The molecule has 1 amide bonds. The van der Waals surface area contributed by atoms with E-state index in [0.29, 0.717) is 12.6 Å². The normalized spacial score (nSPS) is 19.3. The van der Waals surface area contributed by atoms with Gasteiger partial charge in [0.25, 0.3) is 0 Å². The summed E-state index contributed by atoms with van der Waals surface area (Å²) in [5, 5.41) is 3.24. The zero-order valence-electron chi connectivity index (χ0n) is 17.3. The van der Waals surface area contributed by atoms with Crippen LogP contribution in [0.1, 0.15) is 32.1 Å². The van der Waals surface area contributed by atoms with E-state index in [1.165, 1.54) is 19.3 Å². The Morgan fingerprint density at radius 1 is 0.966 bits per heavy atom. The third-order valence-corrected chi connectivity index (χ3v) is 6.21. The van der Waals surface area contributed by atoms with E-state index in [1.807, 2.05) is 12.3 Å². The molecule has 2 aliphatic rings. The first kappa shape index (κ1) is 20.1. The van der Waals surface area contributed by atoms with Crippen LogP contribution >= 0.6 is 0 Å². The van der Waals surface area contributed by atoms with Crippen molar-refractivity contribution in [2.24, 2.45) is 0 Å². The summed E-state index contributed by atoms with van der Waals surface area (Å²) in [6, 6.07) is 10.8. The van der Waals surface area contributed by atoms with E-state index in [4.69, 9.17) is 0 Å². The molecule has 0 bridgehead atoms. The van der Waals surface area contributed by atoms with Gasteiger partial charge in [0.15, 0.2) is 0 Å². The van der Waals surface area contributed by atoms with E-state index >= 15 is 0 Å². The standard InChI is InChI=1S/C23H33N5O/c29-22(25-21-9-5-2-6-10-21)19-27-15-13-26(14-16-27)17-18-28-12-11-24-23(28)20-7-3-1-4-8-20/h1,3-4,7-8,11-12,21H,2,5-6,9-10,13-19H2,(H,25,29). The van der Waals surface area contributed by atoms with Crippen molar-refractivity contribution >= 4 is 5.91 Å². The Balaban J connectivity index is 1.19. The fourth-order valence-corrected chi connectivity index (χ4v) is 4.48. The molecular weight excluding hydrogens is 362 g/mol. The summed E-state index contributed by atoms with van der Waals surface area (Å²) in [7, 11) is 0. The third-order valence-electron chi connectivity index (χ3n) is 6.21.